The van der Waals surface area contributed by atoms with Gasteiger partial charge in [-0.05, 0) is 37.8 Å². The third-order valence-corrected chi connectivity index (χ3v) is 7.96. The second-order valence-corrected chi connectivity index (χ2v) is 10.5. The average molecular weight is 498 g/mol. The van der Waals surface area contributed by atoms with Gasteiger partial charge in [-0.2, -0.15) is 0 Å². The van der Waals surface area contributed by atoms with E-state index in [9.17, 15) is 14.4 Å². The molecule has 0 spiro atoms. The van der Waals surface area contributed by atoms with Gasteiger partial charge in [-0.3, -0.25) is 19.4 Å². The highest BCUT2D eigenvalue weighted by Crippen LogP contribution is 2.35. The highest BCUT2D eigenvalue weighted by atomic mass is 32.2. The first-order valence-corrected chi connectivity index (χ1v) is 13.7. The number of aliphatic imine (C=N–C) groups is 2. The van der Waals surface area contributed by atoms with Crippen molar-refractivity contribution in [2.75, 3.05) is 6.54 Å². The van der Waals surface area contributed by atoms with Gasteiger partial charge in [0.25, 0.3) is 5.91 Å². The molecule has 1 fully saturated rings. The zero-order valence-electron chi connectivity index (χ0n) is 20.6. The fourth-order valence-corrected chi connectivity index (χ4v) is 5.69. The summed E-state index contributed by atoms with van der Waals surface area (Å²) in [4.78, 5) is 49.9. The lowest BCUT2D eigenvalue weighted by Gasteiger charge is -2.29. The van der Waals surface area contributed by atoms with Crippen LogP contribution in [0.15, 0.2) is 34.3 Å². The van der Waals surface area contributed by atoms with Crippen molar-refractivity contribution in [2.24, 2.45) is 9.98 Å². The van der Waals surface area contributed by atoms with Gasteiger partial charge >= 0.3 is 0 Å². The van der Waals surface area contributed by atoms with Crippen LogP contribution in [-0.2, 0) is 14.4 Å². The summed E-state index contributed by atoms with van der Waals surface area (Å²) in [5.74, 6) is 0.0487. The second-order valence-electron chi connectivity index (χ2n) is 9.32. The highest BCUT2D eigenvalue weighted by Gasteiger charge is 2.43. The first-order valence-electron chi connectivity index (χ1n) is 12.8. The zero-order chi connectivity index (χ0) is 24.8. The zero-order valence-corrected chi connectivity index (χ0v) is 21.4. The van der Waals surface area contributed by atoms with Gasteiger partial charge in [0.15, 0.2) is 5.17 Å². The normalized spacial score (nSPS) is 20.5. The van der Waals surface area contributed by atoms with Crippen molar-refractivity contribution < 1.29 is 14.4 Å². The Balaban J connectivity index is 1.52. The van der Waals surface area contributed by atoms with Crippen molar-refractivity contribution in [3.8, 4) is 0 Å². The Morgan fingerprint density at radius 3 is 2.69 bits per heavy atom. The molecule has 188 valence electrons. The Hall–Kier alpha value is -2.68. The highest BCUT2D eigenvalue weighted by molar-refractivity contribution is 8.15. The van der Waals surface area contributed by atoms with Crippen LogP contribution in [0, 0.1) is 0 Å². The predicted molar refractivity (Wildman–Crippen MR) is 140 cm³/mol. The van der Waals surface area contributed by atoms with Gasteiger partial charge in [0.1, 0.15) is 11.9 Å². The fraction of sp³-hybridized carbons (Fsp3) is 0.577. The molecule has 3 aliphatic rings. The van der Waals surface area contributed by atoms with Crippen LogP contribution >= 0.6 is 11.8 Å². The molecule has 1 aromatic carbocycles. The van der Waals surface area contributed by atoms with E-state index in [2.05, 4.69) is 22.5 Å². The molecule has 35 heavy (non-hydrogen) atoms. The Kier molecular flexibility index (Phi) is 8.59. The Labute approximate surface area is 211 Å². The fourth-order valence-electron chi connectivity index (χ4n) is 4.66. The molecule has 2 atom stereocenters. The molecule has 3 amide bonds. The van der Waals surface area contributed by atoms with Crippen LogP contribution in [0.2, 0.25) is 0 Å². The summed E-state index contributed by atoms with van der Waals surface area (Å²) in [7, 11) is 0. The van der Waals surface area contributed by atoms with E-state index in [0.717, 1.165) is 44.1 Å². The number of benzene rings is 1. The molecule has 4 rings (SSSR count). The summed E-state index contributed by atoms with van der Waals surface area (Å²) in [6.45, 7) is 4.63. The number of para-hydroxylation sites is 1. The van der Waals surface area contributed by atoms with E-state index >= 15 is 0 Å². The van der Waals surface area contributed by atoms with Gasteiger partial charge < -0.3 is 10.6 Å². The van der Waals surface area contributed by atoms with Gasteiger partial charge in [-0.1, -0.05) is 63.4 Å². The summed E-state index contributed by atoms with van der Waals surface area (Å²) in [6.07, 6.45) is 8.05. The van der Waals surface area contributed by atoms with Crippen LogP contribution in [-0.4, -0.2) is 57.5 Å². The number of nitrogens with one attached hydrogen (secondary N) is 2. The molecular weight excluding hydrogens is 462 g/mol. The molecular formula is C26H35N5O3S. The lowest BCUT2D eigenvalue weighted by atomic mass is 9.95. The number of unbranched alkanes of at least 4 members (excludes halogenated alkanes) is 1. The van der Waals surface area contributed by atoms with E-state index in [-0.39, 0.29) is 35.4 Å². The number of thioether (sulfide) groups is 1. The minimum Gasteiger partial charge on any atom is -0.356 e. The summed E-state index contributed by atoms with van der Waals surface area (Å²) < 4.78 is 0. The minimum atomic E-state index is -0.792. The summed E-state index contributed by atoms with van der Waals surface area (Å²) in [6, 6.07) is 6.98. The molecule has 1 aliphatic carbocycles. The first-order chi connectivity index (χ1) is 17.0. The quantitative estimate of drug-likeness (QED) is 0.505. The number of amides is 3. The Morgan fingerprint density at radius 1 is 1.17 bits per heavy atom. The smallest absolute Gasteiger partial charge is 0.259 e. The van der Waals surface area contributed by atoms with E-state index in [1.807, 2.05) is 31.2 Å². The maximum atomic E-state index is 13.4. The van der Waals surface area contributed by atoms with E-state index < -0.39 is 6.04 Å². The number of amidine groups is 2. The van der Waals surface area contributed by atoms with Gasteiger partial charge in [0, 0.05) is 18.2 Å². The number of fused-ring (bicyclic) bond motifs is 3. The SMILES string of the molecule is CCCCNC(=O)C[C@H]1N=C2c3ccccc3N=C(S[C@@H](CC)C(=O)NC3CCCCC3)N2C1=O. The number of hydrogen-bond donors (Lipinski definition) is 2. The van der Waals surface area contributed by atoms with Crippen molar-refractivity contribution in [3.05, 3.63) is 29.8 Å². The van der Waals surface area contributed by atoms with E-state index in [0.29, 0.717) is 29.7 Å². The maximum Gasteiger partial charge on any atom is 0.259 e. The van der Waals surface area contributed by atoms with Crippen LogP contribution in [0.1, 0.15) is 77.2 Å². The number of nitrogens with zero attached hydrogens (tertiary/aromatic N) is 3. The van der Waals surface area contributed by atoms with E-state index in [1.54, 1.807) is 0 Å². The van der Waals surface area contributed by atoms with Crippen molar-refractivity contribution in [2.45, 2.75) is 89.0 Å². The first kappa shape index (κ1) is 25.4. The van der Waals surface area contributed by atoms with Gasteiger partial charge in [-0.15, -0.1) is 0 Å². The molecule has 2 aliphatic heterocycles. The Bertz CT molecular complexity index is 1020. The predicted octanol–water partition coefficient (Wildman–Crippen LogP) is 3.91. The third kappa shape index (κ3) is 5.94. The molecule has 0 bridgehead atoms. The van der Waals surface area contributed by atoms with Crippen LogP contribution in [0.5, 0.6) is 0 Å². The van der Waals surface area contributed by atoms with Crippen molar-refractivity contribution >= 4 is 46.2 Å². The standard InChI is InChI=1S/C26H35N5O3S/c1-3-5-15-27-22(32)16-20-25(34)31-23(29-20)18-13-9-10-14-19(18)30-26(31)35-21(4-2)24(33)28-17-11-7-6-8-12-17/h9-10,13-14,17,20-21H,3-8,11-12,15-16H2,1-2H3,(H,27,32)(H,28,33)/t20-,21+/m1/s1. The van der Waals surface area contributed by atoms with Gasteiger partial charge in [0.05, 0.1) is 17.4 Å². The van der Waals surface area contributed by atoms with Crippen molar-refractivity contribution in [1.29, 1.82) is 0 Å². The molecule has 0 saturated heterocycles. The number of rotatable bonds is 9. The maximum absolute atomic E-state index is 13.4. The lowest BCUT2D eigenvalue weighted by molar-refractivity contribution is -0.128. The summed E-state index contributed by atoms with van der Waals surface area (Å²) in [5, 5.41) is 6.16. The Morgan fingerprint density at radius 2 is 1.94 bits per heavy atom. The van der Waals surface area contributed by atoms with Crippen LogP contribution in [0.4, 0.5) is 5.69 Å². The van der Waals surface area contributed by atoms with E-state index in [1.165, 1.54) is 23.1 Å². The third-order valence-electron chi connectivity index (χ3n) is 6.64. The minimum absolute atomic E-state index is 0.00202. The topological polar surface area (TPSA) is 103 Å². The molecule has 0 radical (unpaired) electrons. The molecule has 0 aromatic heterocycles. The second kappa shape index (κ2) is 11.8. The number of hydrogen-bond acceptors (Lipinski definition) is 6. The molecule has 1 aromatic rings. The molecule has 2 heterocycles. The lowest BCUT2D eigenvalue weighted by Crippen LogP contribution is -2.45. The average Bonchev–Trinajstić information content (AvgIpc) is 3.19. The van der Waals surface area contributed by atoms with Gasteiger partial charge in [-0.25, -0.2) is 9.89 Å². The summed E-state index contributed by atoms with van der Waals surface area (Å²) in [5.41, 5.74) is 1.48. The van der Waals surface area contributed by atoms with E-state index in [4.69, 9.17) is 4.99 Å². The van der Waals surface area contributed by atoms with Crippen molar-refractivity contribution in [1.82, 2.24) is 15.5 Å². The molecule has 0 unspecified atom stereocenters. The van der Waals surface area contributed by atoms with Crippen molar-refractivity contribution in [3.63, 3.8) is 0 Å². The monoisotopic (exact) mass is 497 g/mol. The van der Waals surface area contributed by atoms with Crippen LogP contribution in [0.25, 0.3) is 0 Å². The largest absolute Gasteiger partial charge is 0.356 e. The molecule has 1 saturated carbocycles. The molecule has 2 N–H and O–H groups in total. The number of carbonyl (C=O) groups is 3. The molecule has 8 nitrogen and oxygen atoms in total. The number of carbonyl (C=O) groups excluding carboxylic acids is 3. The van der Waals surface area contributed by atoms with Crippen LogP contribution < -0.4 is 10.6 Å². The summed E-state index contributed by atoms with van der Waals surface area (Å²) >= 11 is 1.31. The van der Waals surface area contributed by atoms with Crippen LogP contribution in [0.3, 0.4) is 0 Å². The molecule has 9 heteroatoms. The van der Waals surface area contributed by atoms with Gasteiger partial charge in [0.2, 0.25) is 11.8 Å².